The Morgan fingerprint density at radius 2 is 1.96 bits per heavy atom. The van der Waals surface area contributed by atoms with E-state index >= 15 is 0 Å². The maximum absolute atomic E-state index is 13.8. The molecule has 1 aliphatic carbocycles. The number of benzene rings is 2. The van der Waals surface area contributed by atoms with E-state index in [4.69, 9.17) is 11.6 Å². The van der Waals surface area contributed by atoms with Crippen molar-refractivity contribution in [1.29, 1.82) is 0 Å². The highest BCUT2D eigenvalue weighted by Crippen LogP contribution is 2.31. The van der Waals surface area contributed by atoms with Gasteiger partial charge in [-0.2, -0.15) is 0 Å². The highest BCUT2D eigenvalue weighted by Gasteiger charge is 2.27. The zero-order chi connectivity index (χ0) is 19.5. The molecule has 6 heteroatoms. The van der Waals surface area contributed by atoms with Crippen molar-refractivity contribution in [2.24, 2.45) is 11.8 Å². The standard InChI is InChI=1S/C22H23ClFN3O/c23-17-10-9-16(18(24)12-17)13-25-22(28)15-7-5-14(6-8-15)11-21-26-19-3-1-2-4-20(19)27-21/h1-4,9-10,12,14-15H,5-8,11,13H2,(H,25,28)(H,26,27). The van der Waals surface area contributed by atoms with E-state index < -0.39 is 0 Å². The van der Waals surface area contributed by atoms with Crippen LogP contribution in [0.2, 0.25) is 5.02 Å². The third-order valence-electron chi connectivity index (χ3n) is 5.61. The summed E-state index contributed by atoms with van der Waals surface area (Å²) in [6.45, 7) is 0.195. The van der Waals surface area contributed by atoms with Crippen molar-refractivity contribution in [2.45, 2.75) is 38.6 Å². The molecule has 1 saturated carbocycles. The zero-order valence-corrected chi connectivity index (χ0v) is 16.3. The normalized spacial score (nSPS) is 19.6. The Balaban J connectivity index is 1.26. The van der Waals surface area contributed by atoms with Crippen LogP contribution in [-0.2, 0) is 17.8 Å². The van der Waals surface area contributed by atoms with Gasteiger partial charge in [0.15, 0.2) is 0 Å². The summed E-state index contributed by atoms with van der Waals surface area (Å²) in [5.74, 6) is 1.19. The fourth-order valence-corrected chi connectivity index (χ4v) is 4.16. The molecule has 3 aromatic rings. The summed E-state index contributed by atoms with van der Waals surface area (Å²) in [4.78, 5) is 20.5. The second-order valence-corrected chi connectivity index (χ2v) is 8.01. The number of H-pyrrole nitrogens is 1. The molecule has 1 amide bonds. The largest absolute Gasteiger partial charge is 0.352 e. The molecule has 0 aliphatic heterocycles. The van der Waals surface area contributed by atoms with Gasteiger partial charge in [-0.15, -0.1) is 0 Å². The number of carbonyl (C=O) groups is 1. The molecule has 0 radical (unpaired) electrons. The van der Waals surface area contributed by atoms with Crippen LogP contribution in [0.3, 0.4) is 0 Å². The third kappa shape index (κ3) is 4.36. The molecular formula is C22H23ClFN3O. The van der Waals surface area contributed by atoms with E-state index in [9.17, 15) is 9.18 Å². The average Bonchev–Trinajstić information content (AvgIpc) is 3.10. The highest BCUT2D eigenvalue weighted by atomic mass is 35.5. The van der Waals surface area contributed by atoms with E-state index in [1.54, 1.807) is 12.1 Å². The number of nitrogens with zero attached hydrogens (tertiary/aromatic N) is 1. The molecule has 1 fully saturated rings. The minimum absolute atomic E-state index is 0.00212. The fraction of sp³-hybridized carbons (Fsp3) is 0.364. The van der Waals surface area contributed by atoms with Gasteiger partial charge in [0.05, 0.1) is 11.0 Å². The van der Waals surface area contributed by atoms with Gasteiger partial charge < -0.3 is 10.3 Å². The summed E-state index contributed by atoms with van der Waals surface area (Å²) < 4.78 is 13.8. The van der Waals surface area contributed by atoms with E-state index in [2.05, 4.69) is 15.3 Å². The van der Waals surface area contributed by atoms with Gasteiger partial charge in [0.2, 0.25) is 5.91 Å². The number of amides is 1. The Morgan fingerprint density at radius 3 is 2.71 bits per heavy atom. The summed E-state index contributed by atoms with van der Waals surface area (Å²) >= 11 is 5.76. The summed E-state index contributed by atoms with van der Waals surface area (Å²) in [6.07, 6.45) is 4.65. The number of fused-ring (bicyclic) bond motifs is 1. The Hall–Kier alpha value is -2.40. The van der Waals surface area contributed by atoms with Crippen molar-refractivity contribution in [3.63, 3.8) is 0 Å². The lowest BCUT2D eigenvalue weighted by Crippen LogP contribution is -2.33. The number of hydrogen-bond acceptors (Lipinski definition) is 2. The molecule has 1 heterocycles. The smallest absolute Gasteiger partial charge is 0.223 e. The molecule has 0 atom stereocenters. The summed E-state index contributed by atoms with van der Waals surface area (Å²) in [6, 6.07) is 12.6. The monoisotopic (exact) mass is 399 g/mol. The molecule has 2 N–H and O–H groups in total. The predicted octanol–water partition coefficient (Wildman–Crippen LogP) is 5.02. The van der Waals surface area contributed by atoms with E-state index in [1.807, 2.05) is 24.3 Å². The first kappa shape index (κ1) is 18.9. The van der Waals surface area contributed by atoms with Crippen LogP contribution in [0.25, 0.3) is 11.0 Å². The van der Waals surface area contributed by atoms with E-state index in [0.29, 0.717) is 16.5 Å². The molecule has 0 saturated heterocycles. The van der Waals surface area contributed by atoms with Gasteiger partial charge in [-0.25, -0.2) is 9.37 Å². The van der Waals surface area contributed by atoms with Crippen molar-refractivity contribution in [3.8, 4) is 0 Å². The van der Waals surface area contributed by atoms with Crippen LogP contribution in [-0.4, -0.2) is 15.9 Å². The first-order valence-electron chi connectivity index (χ1n) is 9.74. The Morgan fingerprint density at radius 1 is 1.18 bits per heavy atom. The molecule has 0 unspecified atom stereocenters. The maximum Gasteiger partial charge on any atom is 0.223 e. The second kappa shape index (κ2) is 8.31. The van der Waals surface area contributed by atoms with E-state index in [-0.39, 0.29) is 24.2 Å². The minimum Gasteiger partial charge on any atom is -0.352 e. The molecule has 1 aliphatic rings. The summed E-state index contributed by atoms with van der Waals surface area (Å²) in [5, 5.41) is 3.23. The van der Waals surface area contributed by atoms with Gasteiger partial charge in [-0.1, -0.05) is 29.8 Å². The topological polar surface area (TPSA) is 57.8 Å². The summed E-state index contributed by atoms with van der Waals surface area (Å²) in [5.41, 5.74) is 2.52. The van der Waals surface area contributed by atoms with Crippen LogP contribution in [0.5, 0.6) is 0 Å². The van der Waals surface area contributed by atoms with Crippen molar-refractivity contribution in [1.82, 2.24) is 15.3 Å². The molecule has 0 spiro atoms. The third-order valence-corrected chi connectivity index (χ3v) is 5.84. The maximum atomic E-state index is 13.8. The Kier molecular flexibility index (Phi) is 5.62. The first-order valence-corrected chi connectivity index (χ1v) is 10.1. The average molecular weight is 400 g/mol. The number of rotatable bonds is 5. The number of para-hydroxylation sites is 2. The van der Waals surface area contributed by atoms with E-state index in [1.165, 1.54) is 6.07 Å². The van der Waals surface area contributed by atoms with Crippen molar-refractivity contribution in [3.05, 3.63) is 64.7 Å². The van der Waals surface area contributed by atoms with Crippen LogP contribution < -0.4 is 5.32 Å². The number of aromatic amines is 1. The first-order chi connectivity index (χ1) is 13.6. The molecule has 28 heavy (non-hydrogen) atoms. The number of halogens is 2. The Bertz CT molecular complexity index is 946. The molecular weight excluding hydrogens is 377 g/mol. The van der Waals surface area contributed by atoms with Gasteiger partial charge >= 0.3 is 0 Å². The quantitative estimate of drug-likeness (QED) is 0.632. The second-order valence-electron chi connectivity index (χ2n) is 7.58. The lowest BCUT2D eigenvalue weighted by Gasteiger charge is -2.27. The molecule has 4 rings (SSSR count). The fourth-order valence-electron chi connectivity index (χ4n) is 4.00. The molecule has 4 nitrogen and oxygen atoms in total. The zero-order valence-electron chi connectivity index (χ0n) is 15.6. The number of carbonyl (C=O) groups excluding carboxylic acids is 1. The van der Waals surface area contributed by atoms with Gasteiger partial charge in [0.1, 0.15) is 11.6 Å². The van der Waals surface area contributed by atoms with Crippen molar-refractivity contribution in [2.75, 3.05) is 0 Å². The highest BCUT2D eigenvalue weighted by molar-refractivity contribution is 6.30. The van der Waals surface area contributed by atoms with Crippen molar-refractivity contribution < 1.29 is 9.18 Å². The van der Waals surface area contributed by atoms with Crippen molar-refractivity contribution >= 4 is 28.5 Å². The summed E-state index contributed by atoms with van der Waals surface area (Å²) in [7, 11) is 0. The molecule has 2 aromatic carbocycles. The van der Waals surface area contributed by atoms with Crippen LogP contribution in [0.4, 0.5) is 4.39 Å². The van der Waals surface area contributed by atoms with Gasteiger partial charge in [-0.3, -0.25) is 4.79 Å². The van der Waals surface area contributed by atoms with Crippen LogP contribution in [0, 0.1) is 17.7 Å². The van der Waals surface area contributed by atoms with Gasteiger partial charge in [0.25, 0.3) is 0 Å². The number of imidazole rings is 1. The lowest BCUT2D eigenvalue weighted by molar-refractivity contribution is -0.126. The van der Waals surface area contributed by atoms with Gasteiger partial charge in [-0.05, 0) is 55.9 Å². The predicted molar refractivity (Wildman–Crippen MR) is 109 cm³/mol. The number of hydrogen-bond donors (Lipinski definition) is 2. The van der Waals surface area contributed by atoms with Crippen LogP contribution in [0.15, 0.2) is 42.5 Å². The van der Waals surface area contributed by atoms with Crippen LogP contribution >= 0.6 is 11.6 Å². The molecule has 1 aromatic heterocycles. The molecule has 0 bridgehead atoms. The van der Waals surface area contributed by atoms with E-state index in [0.717, 1.165) is 49.0 Å². The Labute approximate surface area is 168 Å². The van der Waals surface area contributed by atoms with Gasteiger partial charge in [0, 0.05) is 29.5 Å². The lowest BCUT2D eigenvalue weighted by atomic mass is 9.80. The number of nitrogens with one attached hydrogen (secondary N) is 2. The molecule has 146 valence electrons. The minimum atomic E-state index is -0.387. The number of aromatic nitrogens is 2. The SMILES string of the molecule is O=C(NCc1ccc(Cl)cc1F)C1CCC(Cc2nc3ccccc3[nH]2)CC1. The van der Waals surface area contributed by atoms with Crippen LogP contribution in [0.1, 0.15) is 37.1 Å².